The summed E-state index contributed by atoms with van der Waals surface area (Å²) in [6.45, 7) is 2.80. The van der Waals surface area contributed by atoms with E-state index >= 15 is 0 Å². The van der Waals surface area contributed by atoms with Crippen LogP contribution in [0, 0.1) is 0 Å². The lowest BCUT2D eigenvalue weighted by Crippen LogP contribution is -2.65. The summed E-state index contributed by atoms with van der Waals surface area (Å²) in [5, 5.41) is 86.8. The Morgan fingerprint density at radius 3 is 1.37 bits per heavy atom. The fraction of sp³-hybridized carbons (Fsp3) is 0.943. The van der Waals surface area contributed by atoms with Crippen LogP contribution in [-0.2, 0) is 23.7 Å². The van der Waals surface area contributed by atoms with Crippen LogP contribution >= 0.6 is 0 Å². The average Bonchev–Trinajstić information content (AvgIpc) is 3.32. The molecule has 0 saturated carbocycles. The van der Waals surface area contributed by atoms with E-state index in [0.29, 0.717) is 6.42 Å². The van der Waals surface area contributed by atoms with E-state index < -0.39 is 86.8 Å². The van der Waals surface area contributed by atoms with E-state index in [1.54, 1.807) is 6.08 Å². The zero-order chi connectivity index (χ0) is 48.9. The van der Waals surface area contributed by atoms with Crippen LogP contribution in [0.3, 0.4) is 0 Å². The quantitative estimate of drug-likeness (QED) is 0.0209. The first-order chi connectivity index (χ1) is 32.6. The molecule has 0 aliphatic carbocycles. The molecule has 14 heteroatoms. The van der Waals surface area contributed by atoms with Gasteiger partial charge in [-0.05, 0) is 19.3 Å². The van der Waals surface area contributed by atoms with E-state index in [1.807, 2.05) is 6.08 Å². The van der Waals surface area contributed by atoms with Crippen LogP contribution in [0.1, 0.15) is 226 Å². The van der Waals surface area contributed by atoms with Gasteiger partial charge in [-0.25, -0.2) is 0 Å². The Morgan fingerprint density at radius 1 is 0.522 bits per heavy atom. The molecule has 2 aliphatic rings. The monoisotopic (exact) mass is 960 g/mol. The summed E-state index contributed by atoms with van der Waals surface area (Å²) in [6.07, 6.45) is 26.8. The van der Waals surface area contributed by atoms with Crippen LogP contribution < -0.4 is 5.32 Å². The molecule has 396 valence electrons. The predicted octanol–water partition coefficient (Wildman–Crippen LogP) is 7.94. The molecule has 0 bridgehead atoms. The minimum atomic E-state index is -1.78. The Balaban J connectivity index is 1.79. The molecular weight excluding hydrogens is 859 g/mol. The van der Waals surface area contributed by atoms with Gasteiger partial charge in [0.2, 0.25) is 5.91 Å². The van der Waals surface area contributed by atoms with Crippen molar-refractivity contribution in [1.29, 1.82) is 0 Å². The second-order valence-corrected chi connectivity index (χ2v) is 19.7. The second-order valence-electron chi connectivity index (χ2n) is 19.7. The van der Waals surface area contributed by atoms with Gasteiger partial charge in [0.25, 0.3) is 0 Å². The zero-order valence-corrected chi connectivity index (χ0v) is 42.2. The maximum absolute atomic E-state index is 13.2. The van der Waals surface area contributed by atoms with Crippen molar-refractivity contribution in [3.8, 4) is 0 Å². The van der Waals surface area contributed by atoms with Gasteiger partial charge in [-0.1, -0.05) is 212 Å². The minimum Gasteiger partial charge on any atom is -0.394 e. The Kier molecular flexibility index (Phi) is 37.2. The third kappa shape index (κ3) is 27.2. The number of rotatable bonds is 43. The minimum absolute atomic E-state index is 0.236. The van der Waals surface area contributed by atoms with Gasteiger partial charge in [0.1, 0.15) is 48.8 Å². The summed E-state index contributed by atoms with van der Waals surface area (Å²) in [4.78, 5) is 13.2. The first-order valence-corrected chi connectivity index (χ1v) is 27.4. The van der Waals surface area contributed by atoms with Gasteiger partial charge in [0.05, 0.1) is 32.0 Å². The van der Waals surface area contributed by atoms with Crippen molar-refractivity contribution in [2.45, 2.75) is 299 Å². The highest BCUT2D eigenvalue weighted by molar-refractivity contribution is 5.76. The highest BCUT2D eigenvalue weighted by Crippen LogP contribution is 2.30. The van der Waals surface area contributed by atoms with Crippen molar-refractivity contribution in [3.63, 3.8) is 0 Å². The number of allylic oxidation sites excluding steroid dienone is 1. The zero-order valence-electron chi connectivity index (χ0n) is 42.2. The molecule has 0 unspecified atom stereocenters. The number of ether oxygens (including phenoxy) is 4. The smallest absolute Gasteiger partial charge is 0.220 e. The maximum Gasteiger partial charge on any atom is 0.220 e. The number of hydrogen-bond acceptors (Lipinski definition) is 13. The Labute approximate surface area is 406 Å². The van der Waals surface area contributed by atoms with Gasteiger partial charge in [-0.2, -0.15) is 0 Å². The number of hydrogen-bond donors (Lipinski definition) is 9. The molecule has 2 saturated heterocycles. The predicted molar refractivity (Wildman–Crippen MR) is 263 cm³/mol. The first kappa shape index (κ1) is 61.8. The lowest BCUT2D eigenvalue weighted by molar-refractivity contribution is -0.359. The molecule has 12 atom stereocenters. The molecule has 0 radical (unpaired) electrons. The molecule has 2 rings (SSSR count). The maximum atomic E-state index is 13.2. The van der Waals surface area contributed by atoms with Crippen LogP contribution in [0.2, 0.25) is 0 Å². The molecule has 0 aromatic heterocycles. The molecule has 2 heterocycles. The molecule has 1 amide bonds. The topological polar surface area (TPSA) is 228 Å². The molecule has 9 N–H and O–H groups in total. The average molecular weight is 960 g/mol. The van der Waals surface area contributed by atoms with Gasteiger partial charge >= 0.3 is 0 Å². The Morgan fingerprint density at radius 2 is 0.925 bits per heavy atom. The van der Waals surface area contributed by atoms with Crippen molar-refractivity contribution in [2.24, 2.45) is 0 Å². The van der Waals surface area contributed by atoms with Crippen LogP contribution in [0.5, 0.6) is 0 Å². The molecule has 67 heavy (non-hydrogen) atoms. The summed E-state index contributed by atoms with van der Waals surface area (Å²) in [7, 11) is 0. The summed E-state index contributed by atoms with van der Waals surface area (Å²) in [5.74, 6) is -0.236. The fourth-order valence-electron chi connectivity index (χ4n) is 9.23. The lowest BCUT2D eigenvalue weighted by atomic mass is 9.97. The normalized spacial score (nSPS) is 26.6. The Hall–Kier alpha value is -1.27. The molecule has 2 aliphatic heterocycles. The summed E-state index contributed by atoms with van der Waals surface area (Å²) >= 11 is 0. The van der Waals surface area contributed by atoms with Gasteiger partial charge in [0.15, 0.2) is 12.6 Å². The first-order valence-electron chi connectivity index (χ1n) is 27.4. The van der Waals surface area contributed by atoms with Crippen molar-refractivity contribution in [2.75, 3.05) is 19.8 Å². The van der Waals surface area contributed by atoms with Crippen molar-refractivity contribution in [1.82, 2.24) is 5.32 Å². The summed E-state index contributed by atoms with van der Waals surface area (Å²) < 4.78 is 22.7. The van der Waals surface area contributed by atoms with Gasteiger partial charge in [-0.15, -0.1) is 0 Å². The van der Waals surface area contributed by atoms with E-state index in [1.165, 1.54) is 161 Å². The van der Waals surface area contributed by atoms with Crippen molar-refractivity contribution >= 4 is 5.91 Å². The van der Waals surface area contributed by atoms with Crippen LogP contribution in [-0.4, -0.2) is 140 Å². The fourth-order valence-corrected chi connectivity index (χ4v) is 9.23. The molecular formula is C53H101NO13. The van der Waals surface area contributed by atoms with E-state index in [9.17, 15) is 45.6 Å². The van der Waals surface area contributed by atoms with Crippen molar-refractivity contribution in [3.05, 3.63) is 12.2 Å². The molecule has 0 aromatic rings. The van der Waals surface area contributed by atoms with Crippen LogP contribution in [0.15, 0.2) is 12.2 Å². The Bertz CT molecular complexity index is 1180. The van der Waals surface area contributed by atoms with E-state index in [-0.39, 0.29) is 18.9 Å². The number of amides is 1. The molecule has 2 fully saturated rings. The summed E-state index contributed by atoms with van der Waals surface area (Å²) in [6, 6.07) is -0.908. The van der Waals surface area contributed by atoms with Gasteiger partial charge < -0.3 is 65.1 Å². The molecule has 0 spiro atoms. The van der Waals surface area contributed by atoms with E-state index in [0.717, 1.165) is 38.5 Å². The highest BCUT2D eigenvalue weighted by Gasteiger charge is 2.51. The molecule has 14 nitrogen and oxygen atoms in total. The second kappa shape index (κ2) is 40.3. The molecule has 0 aromatic carbocycles. The number of unbranched alkanes of at least 4 members (excludes halogenated alkanes) is 30. The summed E-state index contributed by atoms with van der Waals surface area (Å²) in [5.41, 5.74) is 0. The standard InChI is InChI=1S/C53H101NO13/c1-3-5-7-9-11-13-15-17-18-19-20-21-22-23-25-27-29-31-33-35-37-45(58)54-41(42(57)36-34-32-30-28-26-24-16-14-12-10-8-6-4-2)40-64-52-50(63)48(61)51(44(39-56)66-52)67-53-49(62)47(60)46(59)43(38-55)65-53/h34,36,41-44,46-53,55-57,59-63H,3-33,35,37-40H2,1-2H3,(H,54,58)/t41-,42-,43-,44-,46+,47+,48+,49-,50+,51-,52-,53-/m1/s1. The number of carbonyl (C=O) groups excluding carboxylic acids is 1. The van der Waals surface area contributed by atoms with Crippen LogP contribution in [0.4, 0.5) is 0 Å². The van der Waals surface area contributed by atoms with Crippen molar-refractivity contribution < 1.29 is 64.6 Å². The number of nitrogens with one attached hydrogen (secondary N) is 1. The van der Waals surface area contributed by atoms with Gasteiger partial charge in [0, 0.05) is 6.42 Å². The van der Waals surface area contributed by atoms with E-state index in [2.05, 4.69) is 19.2 Å². The number of aliphatic hydroxyl groups excluding tert-OH is 8. The number of carbonyl (C=O) groups is 1. The highest BCUT2D eigenvalue weighted by atomic mass is 16.7. The van der Waals surface area contributed by atoms with Gasteiger partial charge in [-0.3, -0.25) is 4.79 Å². The van der Waals surface area contributed by atoms with E-state index in [4.69, 9.17) is 18.9 Å². The largest absolute Gasteiger partial charge is 0.394 e. The number of aliphatic hydroxyl groups is 8. The lowest BCUT2D eigenvalue weighted by Gasteiger charge is -2.46. The van der Waals surface area contributed by atoms with Crippen LogP contribution in [0.25, 0.3) is 0 Å². The third-order valence-electron chi connectivity index (χ3n) is 13.7. The SMILES string of the molecule is CCCCCCCCCCCCCC=C[C@@H](O)[C@@H](CO[C@@H]1O[C@H](CO)[C@@H](O[C@H]2O[C@H](CO)[C@H](O)[C@H](O)[C@H]2O)[C@@H](O)[C@@H]1O)NC(=O)CCCCCCCCCCCCCCCCCCCCCC. The third-order valence-corrected chi connectivity index (χ3v) is 13.7.